The first-order chi connectivity index (χ1) is 14.7. The Kier molecular flexibility index (Phi) is 4.70. The normalized spacial score (nSPS) is 19.1. The molecule has 0 aliphatic heterocycles. The van der Waals surface area contributed by atoms with Gasteiger partial charge in [-0.05, 0) is 43.9 Å². The van der Waals surface area contributed by atoms with E-state index in [1.54, 1.807) is 33.9 Å². The van der Waals surface area contributed by atoms with Gasteiger partial charge in [0, 0.05) is 43.3 Å². The van der Waals surface area contributed by atoms with Gasteiger partial charge in [-0.15, -0.1) is 0 Å². The minimum atomic E-state index is -0.0583. The summed E-state index contributed by atoms with van der Waals surface area (Å²) >= 11 is 0. The van der Waals surface area contributed by atoms with Gasteiger partial charge in [0.25, 0.3) is 5.56 Å². The van der Waals surface area contributed by atoms with Gasteiger partial charge in [-0.1, -0.05) is 0 Å². The van der Waals surface area contributed by atoms with Gasteiger partial charge in [-0.2, -0.15) is 10.2 Å². The van der Waals surface area contributed by atoms with Crippen molar-refractivity contribution in [3.63, 3.8) is 0 Å². The largest absolute Gasteiger partial charge is 0.367 e. The van der Waals surface area contributed by atoms with Crippen LogP contribution in [0.2, 0.25) is 0 Å². The predicted octanol–water partition coefficient (Wildman–Crippen LogP) is 2.58. The summed E-state index contributed by atoms with van der Waals surface area (Å²) in [5.41, 5.74) is 2.38. The number of aromatic nitrogens is 7. The van der Waals surface area contributed by atoms with Crippen molar-refractivity contribution in [3.8, 4) is 11.3 Å². The monoisotopic (exact) mass is 402 g/mol. The summed E-state index contributed by atoms with van der Waals surface area (Å²) in [7, 11) is 1.88. The Labute approximate surface area is 172 Å². The third kappa shape index (κ3) is 3.54. The second-order valence-electron chi connectivity index (χ2n) is 7.65. The second-order valence-corrected chi connectivity index (χ2v) is 7.65. The van der Waals surface area contributed by atoms with E-state index < -0.39 is 0 Å². The maximum absolute atomic E-state index is 12.5. The fourth-order valence-corrected chi connectivity index (χ4v) is 4.09. The van der Waals surface area contributed by atoms with Crippen LogP contribution in [0, 0.1) is 0 Å². The molecule has 0 unspecified atom stereocenters. The van der Waals surface area contributed by atoms with Crippen molar-refractivity contribution in [1.29, 1.82) is 0 Å². The van der Waals surface area contributed by atoms with E-state index in [1.165, 1.54) is 6.33 Å². The van der Waals surface area contributed by atoms with Crippen LogP contribution in [0.25, 0.3) is 22.3 Å². The van der Waals surface area contributed by atoms with Gasteiger partial charge in [0.1, 0.15) is 12.1 Å². The van der Waals surface area contributed by atoms with Crippen molar-refractivity contribution in [2.45, 2.75) is 37.8 Å². The van der Waals surface area contributed by atoms with Gasteiger partial charge in [0.2, 0.25) is 0 Å². The molecule has 0 spiro atoms. The topological polar surface area (TPSA) is 103 Å². The molecule has 0 saturated heterocycles. The zero-order valence-corrected chi connectivity index (χ0v) is 16.6. The third-order valence-electron chi connectivity index (χ3n) is 5.62. The van der Waals surface area contributed by atoms with Gasteiger partial charge in [-0.3, -0.25) is 14.5 Å². The number of rotatable bonds is 4. The standard InChI is InChI=1S/C21H22N8O/c1-28-12-17-20(23-13-24-21(17)27-28)25-15-2-4-16(5-3-15)29-19(30)7-6-18(26-29)14-8-10-22-11-9-14/h6-13,15-16H,2-5H2,1H3,(H,23,24,25,27). The number of aryl methyl sites for hydroxylation is 1. The molecule has 0 amide bonds. The lowest BCUT2D eigenvalue weighted by Crippen LogP contribution is -2.33. The zero-order chi connectivity index (χ0) is 20.5. The van der Waals surface area contributed by atoms with Crippen LogP contribution in [-0.4, -0.2) is 40.6 Å². The highest BCUT2D eigenvalue weighted by Gasteiger charge is 2.25. The molecule has 9 nitrogen and oxygen atoms in total. The van der Waals surface area contributed by atoms with E-state index in [0.29, 0.717) is 11.7 Å². The fourth-order valence-electron chi connectivity index (χ4n) is 4.09. The average Bonchev–Trinajstić information content (AvgIpc) is 3.17. The molecule has 0 atom stereocenters. The molecule has 1 fully saturated rings. The number of nitrogens with zero attached hydrogens (tertiary/aromatic N) is 7. The molecular formula is C21H22N8O. The zero-order valence-electron chi connectivity index (χ0n) is 16.6. The lowest BCUT2D eigenvalue weighted by molar-refractivity contribution is 0.304. The molecule has 1 aliphatic rings. The first-order valence-electron chi connectivity index (χ1n) is 10.1. The Hall–Kier alpha value is -3.62. The first kappa shape index (κ1) is 18.4. The van der Waals surface area contributed by atoms with Gasteiger partial charge in [-0.25, -0.2) is 14.6 Å². The van der Waals surface area contributed by atoms with E-state index in [2.05, 4.69) is 30.5 Å². The molecule has 4 aromatic heterocycles. The molecule has 1 aliphatic carbocycles. The van der Waals surface area contributed by atoms with Crippen LogP contribution in [0.1, 0.15) is 31.7 Å². The van der Waals surface area contributed by atoms with Gasteiger partial charge in [0.15, 0.2) is 5.65 Å². The lowest BCUT2D eigenvalue weighted by Gasteiger charge is -2.30. The van der Waals surface area contributed by atoms with Crippen molar-refractivity contribution in [2.24, 2.45) is 7.05 Å². The summed E-state index contributed by atoms with van der Waals surface area (Å²) in [5, 5.41) is 13.4. The molecular weight excluding hydrogens is 380 g/mol. The van der Waals surface area contributed by atoms with Crippen LogP contribution in [0.3, 0.4) is 0 Å². The van der Waals surface area contributed by atoms with Crippen molar-refractivity contribution in [2.75, 3.05) is 5.32 Å². The maximum Gasteiger partial charge on any atom is 0.267 e. The quantitative estimate of drug-likeness (QED) is 0.559. The summed E-state index contributed by atoms with van der Waals surface area (Å²) < 4.78 is 3.39. The Morgan fingerprint density at radius 1 is 1.00 bits per heavy atom. The van der Waals surface area contributed by atoms with Crippen molar-refractivity contribution < 1.29 is 0 Å². The van der Waals surface area contributed by atoms with Crippen LogP contribution in [0.5, 0.6) is 0 Å². The van der Waals surface area contributed by atoms with E-state index in [4.69, 9.17) is 0 Å². The van der Waals surface area contributed by atoms with Gasteiger partial charge < -0.3 is 5.32 Å². The molecule has 30 heavy (non-hydrogen) atoms. The molecule has 0 radical (unpaired) electrons. The molecule has 152 valence electrons. The van der Waals surface area contributed by atoms with E-state index in [9.17, 15) is 4.79 Å². The molecule has 1 saturated carbocycles. The maximum atomic E-state index is 12.5. The van der Waals surface area contributed by atoms with Crippen LogP contribution >= 0.6 is 0 Å². The summed E-state index contributed by atoms with van der Waals surface area (Å²) in [6.07, 6.45) is 10.6. The van der Waals surface area contributed by atoms with E-state index in [0.717, 1.165) is 48.1 Å². The van der Waals surface area contributed by atoms with E-state index in [1.807, 2.05) is 25.4 Å². The Morgan fingerprint density at radius 2 is 1.80 bits per heavy atom. The number of nitrogens with one attached hydrogen (secondary N) is 1. The molecule has 0 bridgehead atoms. The highest BCUT2D eigenvalue weighted by molar-refractivity contribution is 5.85. The highest BCUT2D eigenvalue weighted by atomic mass is 16.1. The summed E-state index contributed by atoms with van der Waals surface area (Å²) in [6, 6.07) is 7.57. The van der Waals surface area contributed by atoms with E-state index >= 15 is 0 Å². The lowest BCUT2D eigenvalue weighted by atomic mass is 9.91. The van der Waals surface area contributed by atoms with Crippen molar-refractivity contribution >= 4 is 16.9 Å². The molecule has 5 rings (SSSR count). The average molecular weight is 402 g/mol. The number of pyridine rings is 1. The van der Waals surface area contributed by atoms with Crippen LogP contribution < -0.4 is 10.9 Å². The summed E-state index contributed by atoms with van der Waals surface area (Å²) in [4.78, 5) is 25.1. The second kappa shape index (κ2) is 7.66. The Balaban J connectivity index is 1.31. The van der Waals surface area contributed by atoms with Gasteiger partial charge >= 0.3 is 0 Å². The third-order valence-corrected chi connectivity index (χ3v) is 5.62. The predicted molar refractivity (Wildman–Crippen MR) is 113 cm³/mol. The van der Waals surface area contributed by atoms with Crippen LogP contribution in [0.15, 0.2) is 54.0 Å². The molecule has 0 aromatic carbocycles. The Bertz CT molecular complexity index is 1220. The number of anilines is 1. The number of fused-ring (bicyclic) bond motifs is 1. The minimum Gasteiger partial charge on any atom is -0.367 e. The highest BCUT2D eigenvalue weighted by Crippen LogP contribution is 2.30. The van der Waals surface area contributed by atoms with Crippen LogP contribution in [0.4, 0.5) is 5.82 Å². The Morgan fingerprint density at radius 3 is 2.60 bits per heavy atom. The molecule has 9 heteroatoms. The van der Waals surface area contributed by atoms with E-state index in [-0.39, 0.29) is 11.6 Å². The first-order valence-corrected chi connectivity index (χ1v) is 10.1. The minimum absolute atomic E-state index is 0.0583. The smallest absolute Gasteiger partial charge is 0.267 e. The molecule has 4 aromatic rings. The summed E-state index contributed by atoms with van der Waals surface area (Å²) in [6.45, 7) is 0. The SMILES string of the molecule is Cn1cc2c(NC3CCC(n4nc(-c5ccncc5)ccc4=O)CC3)ncnc2n1. The number of hydrogen-bond acceptors (Lipinski definition) is 7. The van der Waals surface area contributed by atoms with Crippen molar-refractivity contribution in [3.05, 3.63) is 59.5 Å². The van der Waals surface area contributed by atoms with Gasteiger partial charge in [0.05, 0.1) is 17.1 Å². The summed E-state index contributed by atoms with van der Waals surface area (Å²) in [5.74, 6) is 0.812. The molecule has 1 N–H and O–H groups in total. The number of hydrogen-bond donors (Lipinski definition) is 1. The molecule has 4 heterocycles. The van der Waals surface area contributed by atoms with Crippen molar-refractivity contribution in [1.82, 2.24) is 34.5 Å². The van der Waals surface area contributed by atoms with Crippen LogP contribution in [-0.2, 0) is 7.05 Å². The fraction of sp³-hybridized carbons (Fsp3) is 0.333.